The van der Waals surface area contributed by atoms with Crippen molar-refractivity contribution in [1.29, 1.82) is 0 Å². The van der Waals surface area contributed by atoms with Crippen LogP contribution >= 0.6 is 15.9 Å². The highest BCUT2D eigenvalue weighted by Crippen LogP contribution is 2.36. The van der Waals surface area contributed by atoms with Crippen LogP contribution in [0.3, 0.4) is 0 Å². The number of carbonyl (C=O) groups is 1. The Labute approximate surface area is 101 Å². The van der Waals surface area contributed by atoms with Gasteiger partial charge in [0.25, 0.3) is 0 Å². The maximum Gasteiger partial charge on any atom is 0.220 e. The van der Waals surface area contributed by atoms with Crippen LogP contribution in [0, 0.1) is 0 Å². The van der Waals surface area contributed by atoms with Crippen LogP contribution in [-0.4, -0.2) is 16.8 Å². The third-order valence-corrected chi connectivity index (χ3v) is 4.09. The number of amides is 1. The smallest absolute Gasteiger partial charge is 0.220 e. The highest BCUT2D eigenvalue weighted by atomic mass is 79.9. The summed E-state index contributed by atoms with van der Waals surface area (Å²) in [5, 5.41) is 4.03. The molecule has 1 N–H and O–H groups in total. The second kappa shape index (κ2) is 6.51. The lowest BCUT2D eigenvalue weighted by Gasteiger charge is -2.13. The van der Waals surface area contributed by atoms with Crippen molar-refractivity contribution in [2.75, 3.05) is 5.33 Å². The molecule has 0 aromatic carbocycles. The number of hydrogen-bond donors (Lipinski definition) is 1. The van der Waals surface area contributed by atoms with Gasteiger partial charge in [-0.05, 0) is 19.3 Å². The first-order valence-electron chi connectivity index (χ1n) is 6.09. The molecule has 0 radical (unpaired) electrons. The van der Waals surface area contributed by atoms with Crippen LogP contribution in [0.1, 0.15) is 58.3 Å². The van der Waals surface area contributed by atoms with Gasteiger partial charge >= 0.3 is 0 Å². The van der Waals surface area contributed by atoms with Crippen LogP contribution in [0.2, 0.25) is 0 Å². The minimum absolute atomic E-state index is 0.125. The quantitative estimate of drug-likeness (QED) is 0.534. The molecule has 1 amide bonds. The maximum absolute atomic E-state index is 11.6. The zero-order chi connectivity index (χ0) is 11.1. The SMILES string of the molecule is CCCCCCCC(=O)NC1(CBr)CC1. The molecule has 0 atom stereocenters. The van der Waals surface area contributed by atoms with Crippen LogP contribution in [0.5, 0.6) is 0 Å². The van der Waals surface area contributed by atoms with Crippen molar-refractivity contribution >= 4 is 21.8 Å². The molecule has 0 spiro atoms. The van der Waals surface area contributed by atoms with Gasteiger partial charge in [0.1, 0.15) is 0 Å². The summed E-state index contributed by atoms with van der Waals surface area (Å²) < 4.78 is 0. The predicted molar refractivity (Wildman–Crippen MR) is 67.3 cm³/mol. The molecule has 0 aliphatic heterocycles. The number of hydrogen-bond acceptors (Lipinski definition) is 1. The molecule has 0 saturated heterocycles. The Morgan fingerprint density at radius 3 is 2.47 bits per heavy atom. The molecule has 0 unspecified atom stereocenters. The molecule has 0 bridgehead atoms. The van der Waals surface area contributed by atoms with Gasteiger partial charge in [0.15, 0.2) is 0 Å². The molecule has 1 aliphatic rings. The molecule has 3 heteroatoms. The Bertz CT molecular complexity index is 202. The zero-order valence-corrected chi connectivity index (χ0v) is 11.2. The van der Waals surface area contributed by atoms with Gasteiger partial charge in [-0.25, -0.2) is 0 Å². The molecular weight excluding hydrogens is 254 g/mol. The molecule has 1 fully saturated rings. The molecule has 15 heavy (non-hydrogen) atoms. The van der Waals surface area contributed by atoms with Gasteiger partial charge in [-0.15, -0.1) is 0 Å². The minimum Gasteiger partial charge on any atom is -0.350 e. The van der Waals surface area contributed by atoms with E-state index in [4.69, 9.17) is 0 Å². The van der Waals surface area contributed by atoms with Crippen molar-refractivity contribution in [3.8, 4) is 0 Å². The van der Waals surface area contributed by atoms with Crippen LogP contribution in [0.25, 0.3) is 0 Å². The van der Waals surface area contributed by atoms with Gasteiger partial charge in [0, 0.05) is 17.3 Å². The fourth-order valence-electron chi connectivity index (χ4n) is 1.69. The summed E-state index contributed by atoms with van der Waals surface area (Å²) in [6.07, 6.45) is 9.06. The van der Waals surface area contributed by atoms with Crippen molar-refractivity contribution < 1.29 is 4.79 Å². The van der Waals surface area contributed by atoms with E-state index in [2.05, 4.69) is 28.2 Å². The van der Waals surface area contributed by atoms with E-state index in [1.54, 1.807) is 0 Å². The number of rotatable bonds is 8. The Hall–Kier alpha value is -0.0500. The number of unbranched alkanes of at least 4 members (excludes halogenated alkanes) is 4. The van der Waals surface area contributed by atoms with E-state index < -0.39 is 0 Å². The molecule has 1 rings (SSSR count). The van der Waals surface area contributed by atoms with Gasteiger partial charge in [-0.2, -0.15) is 0 Å². The lowest BCUT2D eigenvalue weighted by atomic mass is 10.1. The highest BCUT2D eigenvalue weighted by molar-refractivity contribution is 9.09. The monoisotopic (exact) mass is 275 g/mol. The zero-order valence-electron chi connectivity index (χ0n) is 9.65. The van der Waals surface area contributed by atoms with E-state index in [1.165, 1.54) is 25.7 Å². The van der Waals surface area contributed by atoms with E-state index >= 15 is 0 Å². The standard InChI is InChI=1S/C12H22BrNO/c1-2-3-4-5-6-7-11(15)14-12(10-13)8-9-12/h2-10H2,1H3,(H,14,15). The average molecular weight is 276 g/mol. The van der Waals surface area contributed by atoms with E-state index in [0.29, 0.717) is 6.42 Å². The lowest BCUT2D eigenvalue weighted by Crippen LogP contribution is -2.37. The molecule has 1 aliphatic carbocycles. The average Bonchev–Trinajstić information content (AvgIpc) is 2.98. The maximum atomic E-state index is 11.6. The number of carbonyl (C=O) groups excluding carboxylic acids is 1. The molecule has 0 aromatic heterocycles. The first-order valence-corrected chi connectivity index (χ1v) is 7.21. The fraction of sp³-hybridized carbons (Fsp3) is 0.917. The Morgan fingerprint density at radius 1 is 1.27 bits per heavy atom. The summed E-state index contributed by atoms with van der Waals surface area (Å²) in [7, 11) is 0. The van der Waals surface area contributed by atoms with Crippen molar-refractivity contribution in [3.63, 3.8) is 0 Å². The van der Waals surface area contributed by atoms with Crippen LogP contribution in [-0.2, 0) is 4.79 Å². The van der Waals surface area contributed by atoms with Crippen LogP contribution in [0.15, 0.2) is 0 Å². The van der Waals surface area contributed by atoms with Crippen LogP contribution in [0.4, 0.5) is 0 Å². The van der Waals surface area contributed by atoms with Gasteiger partial charge < -0.3 is 5.32 Å². The normalized spacial score (nSPS) is 17.5. The first kappa shape index (κ1) is 13.0. The Kier molecular flexibility index (Phi) is 5.65. The number of alkyl halides is 1. The van der Waals surface area contributed by atoms with Crippen molar-refractivity contribution in [2.24, 2.45) is 0 Å². The third-order valence-electron chi connectivity index (χ3n) is 3.02. The summed E-state index contributed by atoms with van der Waals surface area (Å²) >= 11 is 3.45. The summed E-state index contributed by atoms with van der Waals surface area (Å²) in [6, 6.07) is 0. The van der Waals surface area contributed by atoms with Crippen molar-refractivity contribution in [2.45, 2.75) is 63.8 Å². The lowest BCUT2D eigenvalue weighted by molar-refractivity contribution is -0.122. The van der Waals surface area contributed by atoms with E-state index in [-0.39, 0.29) is 11.4 Å². The Morgan fingerprint density at radius 2 is 1.93 bits per heavy atom. The molecule has 0 heterocycles. The van der Waals surface area contributed by atoms with E-state index in [0.717, 1.165) is 24.6 Å². The van der Waals surface area contributed by atoms with E-state index in [9.17, 15) is 4.79 Å². The summed E-state index contributed by atoms with van der Waals surface area (Å²) in [6.45, 7) is 2.21. The van der Waals surface area contributed by atoms with Crippen LogP contribution < -0.4 is 5.32 Å². The highest BCUT2D eigenvalue weighted by Gasteiger charge is 2.42. The summed E-state index contributed by atoms with van der Waals surface area (Å²) in [5.74, 6) is 0.239. The largest absolute Gasteiger partial charge is 0.350 e. The minimum atomic E-state index is 0.125. The van der Waals surface area contributed by atoms with Gasteiger partial charge in [0.05, 0.1) is 0 Å². The molecule has 2 nitrogen and oxygen atoms in total. The fourth-order valence-corrected chi connectivity index (χ4v) is 2.39. The molecule has 1 saturated carbocycles. The third kappa shape index (κ3) is 5.01. The Balaban J connectivity index is 1.99. The van der Waals surface area contributed by atoms with E-state index in [1.807, 2.05) is 0 Å². The summed E-state index contributed by atoms with van der Waals surface area (Å²) in [4.78, 5) is 11.6. The molecule has 88 valence electrons. The number of halogens is 1. The van der Waals surface area contributed by atoms with Gasteiger partial charge in [-0.3, -0.25) is 4.79 Å². The topological polar surface area (TPSA) is 29.1 Å². The predicted octanol–water partition coefficient (Wildman–Crippen LogP) is 3.39. The van der Waals surface area contributed by atoms with Gasteiger partial charge in [-0.1, -0.05) is 48.5 Å². The molecular formula is C12H22BrNO. The first-order chi connectivity index (χ1) is 7.22. The second-order valence-electron chi connectivity index (χ2n) is 4.63. The summed E-state index contributed by atoms with van der Waals surface area (Å²) in [5.41, 5.74) is 0.125. The molecule has 0 aromatic rings. The second-order valence-corrected chi connectivity index (χ2v) is 5.19. The van der Waals surface area contributed by atoms with Gasteiger partial charge in [0.2, 0.25) is 5.91 Å². The number of nitrogens with one attached hydrogen (secondary N) is 1. The van der Waals surface area contributed by atoms with Crippen molar-refractivity contribution in [3.05, 3.63) is 0 Å². The van der Waals surface area contributed by atoms with Crippen molar-refractivity contribution in [1.82, 2.24) is 5.32 Å².